The minimum atomic E-state index is -1.29. The zero-order chi connectivity index (χ0) is 9.30. The fourth-order valence-electron chi connectivity index (χ4n) is 0.728. The van der Waals surface area contributed by atoms with Gasteiger partial charge in [0.05, 0.1) is 5.56 Å². The van der Waals surface area contributed by atoms with Gasteiger partial charge in [-0.25, -0.2) is 4.79 Å². The van der Waals surface area contributed by atoms with Gasteiger partial charge in [0.15, 0.2) is 17.2 Å². The Morgan fingerprint density at radius 3 is 1.77 bits per heavy atom. The number of phenols is 3. The molecule has 13 heavy (non-hydrogen) atoms. The maximum atomic E-state index is 10.3. The second-order valence-corrected chi connectivity index (χ2v) is 2.17. The molecule has 1 aromatic rings. The van der Waals surface area contributed by atoms with Gasteiger partial charge in [-0.2, -0.15) is 0 Å². The molecule has 0 aliphatic heterocycles. The van der Waals surface area contributed by atoms with E-state index >= 15 is 0 Å². The minimum Gasteiger partial charge on any atom is -0.504 e. The molecule has 6 heteroatoms. The maximum Gasteiger partial charge on any atom is 0.335 e. The standard InChI is InChI=1S/C7H6O5.Cd/c8-4-1-3(7(11)12)2-5(9)6(4)10;/h1-2,8-10H,(H,11,12);. The van der Waals surface area contributed by atoms with Crippen molar-refractivity contribution in [1.29, 1.82) is 0 Å². The van der Waals surface area contributed by atoms with Crippen LogP contribution < -0.4 is 0 Å². The normalized spacial score (nSPS) is 8.92. The molecule has 0 unspecified atom stereocenters. The van der Waals surface area contributed by atoms with Crippen molar-refractivity contribution < 1.29 is 52.5 Å². The number of carboxylic acids is 1. The van der Waals surface area contributed by atoms with Crippen molar-refractivity contribution in [1.82, 2.24) is 0 Å². The Morgan fingerprint density at radius 2 is 1.46 bits per heavy atom. The molecule has 1 aromatic carbocycles. The van der Waals surface area contributed by atoms with E-state index in [2.05, 4.69) is 0 Å². The number of phenolic OH excluding ortho intramolecular Hbond substituents is 3. The molecule has 0 fully saturated rings. The first kappa shape index (κ1) is 12.0. The van der Waals surface area contributed by atoms with Crippen molar-refractivity contribution in [2.45, 2.75) is 0 Å². The monoisotopic (exact) mass is 284 g/mol. The van der Waals surface area contributed by atoms with Crippen LogP contribution in [-0.2, 0) is 27.3 Å². The molecule has 0 bridgehead atoms. The smallest absolute Gasteiger partial charge is 0.335 e. The molecular formula is C7H6CdO5. The molecule has 0 aliphatic rings. The minimum absolute atomic E-state index is 0. The Hall–Kier alpha value is -0.988. The Bertz CT molecular complexity index is 313. The van der Waals surface area contributed by atoms with Crippen molar-refractivity contribution in [2.75, 3.05) is 0 Å². The number of hydrogen-bond donors (Lipinski definition) is 4. The molecule has 0 spiro atoms. The topological polar surface area (TPSA) is 98.0 Å². The number of carbonyl (C=O) groups is 1. The summed E-state index contributed by atoms with van der Waals surface area (Å²) < 4.78 is 0. The van der Waals surface area contributed by atoms with E-state index in [0.29, 0.717) is 0 Å². The van der Waals surface area contributed by atoms with Crippen LogP contribution in [0.25, 0.3) is 0 Å². The van der Waals surface area contributed by atoms with Gasteiger partial charge in [0.2, 0.25) is 0 Å². The van der Waals surface area contributed by atoms with E-state index in [0.717, 1.165) is 12.1 Å². The van der Waals surface area contributed by atoms with Crippen molar-refractivity contribution in [3.63, 3.8) is 0 Å². The third-order valence-corrected chi connectivity index (χ3v) is 1.32. The van der Waals surface area contributed by atoms with Crippen LogP contribution in [-0.4, -0.2) is 26.4 Å². The van der Waals surface area contributed by atoms with Crippen LogP contribution in [0.3, 0.4) is 0 Å². The molecule has 0 heterocycles. The second-order valence-electron chi connectivity index (χ2n) is 2.17. The SMILES string of the molecule is O=C(O)c1cc(O)c(O)c(O)c1.[Cd]. The number of benzene rings is 1. The molecule has 0 aliphatic carbocycles. The van der Waals surface area contributed by atoms with Crippen LogP contribution in [0.1, 0.15) is 10.4 Å². The van der Waals surface area contributed by atoms with Crippen molar-refractivity contribution in [3.05, 3.63) is 17.7 Å². The zero-order valence-corrected chi connectivity index (χ0v) is 10.6. The molecule has 4 N–H and O–H groups in total. The Balaban J connectivity index is 0.00000144. The van der Waals surface area contributed by atoms with Crippen LogP contribution in [0, 0.1) is 0 Å². The first-order valence-electron chi connectivity index (χ1n) is 3.00. The summed E-state index contributed by atoms with van der Waals surface area (Å²) in [4.78, 5) is 10.3. The molecule has 0 amide bonds. The summed E-state index contributed by atoms with van der Waals surface area (Å²) in [5.74, 6) is -3.33. The molecule has 5 nitrogen and oxygen atoms in total. The molecule has 0 saturated carbocycles. The summed E-state index contributed by atoms with van der Waals surface area (Å²) in [6.07, 6.45) is 0. The van der Waals surface area contributed by atoms with E-state index in [9.17, 15) is 4.79 Å². The van der Waals surface area contributed by atoms with Crippen LogP contribution in [0.5, 0.6) is 17.2 Å². The average Bonchev–Trinajstić information content (AvgIpc) is 1.99. The van der Waals surface area contributed by atoms with E-state index in [1.165, 1.54) is 0 Å². The summed E-state index contributed by atoms with van der Waals surface area (Å²) in [7, 11) is 0. The number of carboxylic acid groups (broad SMARTS) is 1. The molecule has 0 atom stereocenters. The summed E-state index contributed by atoms with van der Waals surface area (Å²) in [6, 6.07) is 1.69. The van der Waals surface area contributed by atoms with E-state index < -0.39 is 23.2 Å². The summed E-state index contributed by atoms with van der Waals surface area (Å²) >= 11 is 0. The van der Waals surface area contributed by atoms with Gasteiger partial charge in [-0.05, 0) is 12.1 Å². The Labute approximate surface area is 93.4 Å². The molecule has 1 rings (SSSR count). The molecular weight excluding hydrogens is 276 g/mol. The van der Waals surface area contributed by atoms with Crippen molar-refractivity contribution in [2.24, 2.45) is 0 Å². The second kappa shape index (κ2) is 4.31. The van der Waals surface area contributed by atoms with Gasteiger partial charge >= 0.3 is 5.97 Å². The van der Waals surface area contributed by atoms with E-state index in [4.69, 9.17) is 20.4 Å². The van der Waals surface area contributed by atoms with Crippen LogP contribution in [0.2, 0.25) is 0 Å². The maximum absolute atomic E-state index is 10.3. The van der Waals surface area contributed by atoms with Crippen LogP contribution in [0.15, 0.2) is 12.1 Å². The van der Waals surface area contributed by atoms with Gasteiger partial charge in [-0.1, -0.05) is 0 Å². The third-order valence-electron chi connectivity index (χ3n) is 1.32. The Morgan fingerprint density at radius 1 is 1.08 bits per heavy atom. The van der Waals surface area contributed by atoms with Crippen molar-refractivity contribution in [3.8, 4) is 17.2 Å². The van der Waals surface area contributed by atoms with Gasteiger partial charge in [0.1, 0.15) is 0 Å². The van der Waals surface area contributed by atoms with E-state index in [1.807, 2.05) is 0 Å². The number of hydrogen-bond acceptors (Lipinski definition) is 4. The van der Waals surface area contributed by atoms with Gasteiger partial charge in [-0.15, -0.1) is 0 Å². The predicted molar refractivity (Wildman–Crippen MR) is 38.4 cm³/mol. The van der Waals surface area contributed by atoms with Crippen molar-refractivity contribution >= 4 is 5.97 Å². The van der Waals surface area contributed by atoms with Crippen LogP contribution >= 0.6 is 0 Å². The van der Waals surface area contributed by atoms with Gasteiger partial charge in [0.25, 0.3) is 0 Å². The van der Waals surface area contributed by atoms with E-state index in [1.54, 1.807) is 0 Å². The first-order valence-corrected chi connectivity index (χ1v) is 3.00. The molecule has 0 saturated heterocycles. The predicted octanol–water partition coefficient (Wildman–Crippen LogP) is 0.499. The summed E-state index contributed by atoms with van der Waals surface area (Å²) in [5.41, 5.74) is -0.289. The largest absolute Gasteiger partial charge is 0.504 e. The number of aromatic hydroxyl groups is 3. The quantitative estimate of drug-likeness (QED) is 0.444. The molecule has 0 aromatic heterocycles. The van der Waals surface area contributed by atoms with E-state index in [-0.39, 0.29) is 32.9 Å². The number of rotatable bonds is 1. The third kappa shape index (κ3) is 2.47. The average molecular weight is 283 g/mol. The van der Waals surface area contributed by atoms with Crippen LogP contribution in [0.4, 0.5) is 0 Å². The number of aromatic carboxylic acids is 1. The van der Waals surface area contributed by atoms with Gasteiger partial charge in [0, 0.05) is 27.3 Å². The fourth-order valence-corrected chi connectivity index (χ4v) is 0.728. The summed E-state index contributed by atoms with van der Waals surface area (Å²) in [6.45, 7) is 0. The van der Waals surface area contributed by atoms with Gasteiger partial charge in [-0.3, -0.25) is 0 Å². The van der Waals surface area contributed by atoms with Gasteiger partial charge < -0.3 is 20.4 Å². The summed E-state index contributed by atoms with van der Waals surface area (Å²) in [5, 5.41) is 35.0. The molecule has 0 radical (unpaired) electrons. The Kier molecular flexibility index (Phi) is 3.98. The molecule has 66 valence electrons. The zero-order valence-electron chi connectivity index (χ0n) is 6.56. The first-order chi connectivity index (χ1) is 5.52. The fraction of sp³-hybridized carbons (Fsp3) is 0.